The van der Waals surface area contributed by atoms with Crippen LogP contribution in [0.2, 0.25) is 0 Å². The van der Waals surface area contributed by atoms with Gasteiger partial charge in [-0.25, -0.2) is 13.2 Å². The van der Waals surface area contributed by atoms with Crippen LogP contribution in [0.5, 0.6) is 5.75 Å². The largest absolute Gasteiger partial charge is 0.507 e. The summed E-state index contributed by atoms with van der Waals surface area (Å²) < 4.78 is 31.6. The Bertz CT molecular complexity index is 1000. The molecule has 2 aromatic carbocycles. The minimum absolute atomic E-state index is 0.0520. The summed E-state index contributed by atoms with van der Waals surface area (Å²) in [6, 6.07) is 10.3. The van der Waals surface area contributed by atoms with Crippen molar-refractivity contribution in [3.8, 4) is 5.75 Å². The molecule has 29 heavy (non-hydrogen) atoms. The third kappa shape index (κ3) is 5.33. The predicted octanol–water partition coefficient (Wildman–Crippen LogP) is 2.53. The second-order valence-corrected chi connectivity index (χ2v) is 8.15. The summed E-state index contributed by atoms with van der Waals surface area (Å²) in [7, 11) is -3.67. The molecule has 0 heterocycles. The number of aromatic hydroxyl groups is 1. The molecule has 0 spiro atoms. The van der Waals surface area contributed by atoms with Crippen LogP contribution in [0.1, 0.15) is 29.8 Å². The molecule has 2 N–H and O–H groups in total. The number of hydrogen-bond acceptors (Lipinski definition) is 6. The number of nitrogens with zero attached hydrogens (tertiary/aromatic N) is 1. The van der Waals surface area contributed by atoms with Crippen molar-refractivity contribution < 1.29 is 27.9 Å². The minimum Gasteiger partial charge on any atom is -0.507 e. The van der Waals surface area contributed by atoms with E-state index in [1.54, 1.807) is 39.0 Å². The van der Waals surface area contributed by atoms with Crippen LogP contribution in [0, 0.1) is 6.92 Å². The van der Waals surface area contributed by atoms with Gasteiger partial charge in [-0.1, -0.05) is 32.0 Å². The first-order valence-electron chi connectivity index (χ1n) is 9.06. The highest BCUT2D eigenvalue weighted by molar-refractivity contribution is 7.89. The maximum Gasteiger partial charge on any atom is 0.342 e. The number of nitrogens with one attached hydrogen (secondary N) is 1. The Kier molecular flexibility index (Phi) is 7.35. The summed E-state index contributed by atoms with van der Waals surface area (Å²) in [5.41, 5.74) is 0.912. The van der Waals surface area contributed by atoms with Crippen molar-refractivity contribution in [3.63, 3.8) is 0 Å². The standard InChI is InChI=1S/C20H24N2O6S/c1-4-22(5-2)29(26,27)15-11-10-14(3)17(12-15)21-19(24)13-28-20(25)16-8-6-7-9-18(16)23/h6-12,23H,4-5,13H2,1-3H3,(H,21,24). The van der Waals surface area contributed by atoms with Crippen molar-refractivity contribution in [1.82, 2.24) is 4.31 Å². The molecule has 8 nitrogen and oxygen atoms in total. The van der Waals surface area contributed by atoms with Crippen LogP contribution in [0.4, 0.5) is 5.69 Å². The number of carbonyl (C=O) groups excluding carboxylic acids is 2. The molecular weight excluding hydrogens is 396 g/mol. The molecule has 0 aliphatic carbocycles. The number of para-hydroxylation sites is 1. The van der Waals surface area contributed by atoms with E-state index in [-0.39, 0.29) is 16.2 Å². The van der Waals surface area contributed by atoms with Crippen LogP contribution >= 0.6 is 0 Å². The Morgan fingerprint density at radius 3 is 2.38 bits per heavy atom. The van der Waals surface area contributed by atoms with Crippen LogP contribution in [-0.2, 0) is 19.6 Å². The van der Waals surface area contributed by atoms with Crippen molar-refractivity contribution in [3.05, 3.63) is 53.6 Å². The van der Waals surface area contributed by atoms with Crippen LogP contribution in [-0.4, -0.2) is 49.4 Å². The number of amides is 1. The quantitative estimate of drug-likeness (QED) is 0.635. The molecule has 0 aliphatic rings. The molecule has 2 rings (SSSR count). The van der Waals surface area contributed by atoms with Crippen LogP contribution < -0.4 is 5.32 Å². The third-order valence-electron chi connectivity index (χ3n) is 4.28. The van der Waals surface area contributed by atoms with Gasteiger partial charge in [-0.15, -0.1) is 0 Å². The number of benzene rings is 2. The number of sulfonamides is 1. The van der Waals surface area contributed by atoms with Gasteiger partial charge >= 0.3 is 5.97 Å². The van der Waals surface area contributed by atoms with Gasteiger partial charge in [0, 0.05) is 18.8 Å². The van der Waals surface area contributed by atoms with E-state index in [0.29, 0.717) is 24.3 Å². The number of rotatable bonds is 8. The minimum atomic E-state index is -3.67. The highest BCUT2D eigenvalue weighted by Crippen LogP contribution is 2.23. The fourth-order valence-corrected chi connectivity index (χ4v) is 4.13. The summed E-state index contributed by atoms with van der Waals surface area (Å²) in [4.78, 5) is 24.2. The molecule has 0 saturated carbocycles. The summed E-state index contributed by atoms with van der Waals surface area (Å²) in [5.74, 6) is -1.72. The topological polar surface area (TPSA) is 113 Å². The number of phenolic OH excluding ortho intramolecular Hbond substituents is 1. The molecule has 0 unspecified atom stereocenters. The van der Waals surface area contributed by atoms with Gasteiger partial charge in [0.1, 0.15) is 11.3 Å². The maximum atomic E-state index is 12.7. The fourth-order valence-electron chi connectivity index (χ4n) is 2.65. The first-order chi connectivity index (χ1) is 13.7. The Labute approximate surface area is 170 Å². The smallest absolute Gasteiger partial charge is 0.342 e. The van der Waals surface area contributed by atoms with Gasteiger partial charge in [0.05, 0.1) is 4.90 Å². The second-order valence-electron chi connectivity index (χ2n) is 6.21. The third-order valence-corrected chi connectivity index (χ3v) is 6.33. The highest BCUT2D eigenvalue weighted by atomic mass is 32.2. The summed E-state index contributed by atoms with van der Waals surface area (Å²) in [5, 5.41) is 12.2. The van der Waals surface area contributed by atoms with E-state index in [1.165, 1.54) is 28.6 Å². The second kappa shape index (κ2) is 9.53. The lowest BCUT2D eigenvalue weighted by Gasteiger charge is -2.19. The average Bonchev–Trinajstić information content (AvgIpc) is 2.68. The zero-order valence-corrected chi connectivity index (χ0v) is 17.3. The molecule has 0 saturated heterocycles. The number of carbonyl (C=O) groups is 2. The number of esters is 1. The van der Waals surface area contributed by atoms with Gasteiger partial charge in [0.15, 0.2) is 6.61 Å². The molecule has 0 radical (unpaired) electrons. The van der Waals surface area contributed by atoms with Crippen LogP contribution in [0.15, 0.2) is 47.4 Å². The van der Waals surface area contributed by atoms with E-state index in [0.717, 1.165) is 0 Å². The Morgan fingerprint density at radius 2 is 1.76 bits per heavy atom. The molecule has 2 aromatic rings. The number of ether oxygens (including phenoxy) is 1. The molecule has 0 bridgehead atoms. The van der Waals surface area contributed by atoms with Gasteiger partial charge in [-0.3, -0.25) is 4.79 Å². The van der Waals surface area contributed by atoms with Crippen molar-refractivity contribution in [2.75, 3.05) is 25.0 Å². The molecule has 0 aromatic heterocycles. The Balaban J connectivity index is 2.10. The molecule has 9 heteroatoms. The van der Waals surface area contributed by atoms with Gasteiger partial charge in [0.25, 0.3) is 5.91 Å². The summed E-state index contributed by atoms with van der Waals surface area (Å²) in [6.45, 7) is 5.29. The van der Waals surface area contributed by atoms with Crippen molar-refractivity contribution in [2.24, 2.45) is 0 Å². The van der Waals surface area contributed by atoms with Crippen molar-refractivity contribution in [2.45, 2.75) is 25.7 Å². The van der Waals surface area contributed by atoms with Crippen molar-refractivity contribution >= 4 is 27.6 Å². The van der Waals surface area contributed by atoms with Gasteiger partial charge in [0.2, 0.25) is 10.0 Å². The molecule has 1 amide bonds. The van der Waals surface area contributed by atoms with E-state index in [4.69, 9.17) is 4.74 Å². The zero-order valence-electron chi connectivity index (χ0n) is 16.5. The van der Waals surface area contributed by atoms with Gasteiger partial charge < -0.3 is 15.2 Å². The average molecular weight is 420 g/mol. The lowest BCUT2D eigenvalue weighted by molar-refractivity contribution is -0.119. The predicted molar refractivity (Wildman–Crippen MR) is 108 cm³/mol. The molecular formula is C20H24N2O6S. The summed E-state index contributed by atoms with van der Waals surface area (Å²) >= 11 is 0. The van der Waals surface area contributed by atoms with E-state index in [9.17, 15) is 23.1 Å². The normalized spacial score (nSPS) is 11.3. The molecule has 156 valence electrons. The van der Waals surface area contributed by atoms with E-state index < -0.39 is 28.5 Å². The van der Waals surface area contributed by atoms with E-state index in [1.807, 2.05) is 0 Å². The van der Waals surface area contributed by atoms with E-state index in [2.05, 4.69) is 5.32 Å². The number of hydrogen-bond donors (Lipinski definition) is 2. The summed E-state index contributed by atoms with van der Waals surface area (Å²) in [6.07, 6.45) is 0. The van der Waals surface area contributed by atoms with Crippen LogP contribution in [0.25, 0.3) is 0 Å². The van der Waals surface area contributed by atoms with Crippen LogP contribution in [0.3, 0.4) is 0 Å². The van der Waals surface area contributed by atoms with Gasteiger partial charge in [-0.2, -0.15) is 4.31 Å². The Hall–Kier alpha value is -2.91. The molecule has 0 atom stereocenters. The molecule has 0 fully saturated rings. The highest BCUT2D eigenvalue weighted by Gasteiger charge is 2.22. The SMILES string of the molecule is CCN(CC)S(=O)(=O)c1ccc(C)c(NC(=O)COC(=O)c2ccccc2O)c1. The number of anilines is 1. The first-order valence-corrected chi connectivity index (χ1v) is 10.5. The monoisotopic (exact) mass is 420 g/mol. The van der Waals surface area contributed by atoms with Crippen molar-refractivity contribution in [1.29, 1.82) is 0 Å². The lowest BCUT2D eigenvalue weighted by atomic mass is 10.2. The van der Waals surface area contributed by atoms with Gasteiger partial charge in [-0.05, 0) is 36.8 Å². The van der Waals surface area contributed by atoms with E-state index >= 15 is 0 Å². The maximum absolute atomic E-state index is 12.7. The Morgan fingerprint density at radius 1 is 1.10 bits per heavy atom. The first kappa shape index (κ1) is 22.4. The number of phenols is 1. The lowest BCUT2D eigenvalue weighted by Crippen LogP contribution is -2.30. The zero-order chi connectivity index (χ0) is 21.6. The fraction of sp³-hybridized carbons (Fsp3) is 0.300. The number of aryl methyl sites for hydroxylation is 1. The molecule has 0 aliphatic heterocycles.